The standard InChI is InChI=1S/C14H17N3O/c1-2-18-14-13(15)8-12(10-17-14)16-9-11-6-4-3-5-7-11/h3-8,10,16H,2,9,15H2,1H3. The molecule has 0 aliphatic heterocycles. The highest BCUT2D eigenvalue weighted by atomic mass is 16.5. The van der Waals surface area contributed by atoms with Gasteiger partial charge in [-0.05, 0) is 18.6 Å². The number of rotatable bonds is 5. The van der Waals surface area contributed by atoms with Crippen LogP contribution in [0.1, 0.15) is 12.5 Å². The minimum atomic E-state index is 0.489. The molecule has 0 aliphatic carbocycles. The number of pyridine rings is 1. The Labute approximate surface area is 107 Å². The molecule has 0 aliphatic rings. The van der Waals surface area contributed by atoms with E-state index in [1.807, 2.05) is 31.2 Å². The van der Waals surface area contributed by atoms with Gasteiger partial charge in [-0.3, -0.25) is 0 Å². The highest BCUT2D eigenvalue weighted by Gasteiger charge is 2.02. The quantitative estimate of drug-likeness (QED) is 0.847. The number of aromatic nitrogens is 1. The summed E-state index contributed by atoms with van der Waals surface area (Å²) in [5.74, 6) is 0.489. The molecule has 0 saturated carbocycles. The first kappa shape index (κ1) is 12.2. The molecule has 0 unspecified atom stereocenters. The number of nitrogens with one attached hydrogen (secondary N) is 1. The molecule has 0 spiro atoms. The number of nitrogen functional groups attached to an aromatic ring is 1. The smallest absolute Gasteiger partial charge is 0.237 e. The summed E-state index contributed by atoms with van der Waals surface area (Å²) in [5.41, 5.74) is 8.50. The highest BCUT2D eigenvalue weighted by Crippen LogP contribution is 2.21. The van der Waals surface area contributed by atoms with Crippen molar-refractivity contribution >= 4 is 11.4 Å². The van der Waals surface area contributed by atoms with Gasteiger partial charge < -0.3 is 15.8 Å². The minimum Gasteiger partial charge on any atom is -0.477 e. The largest absolute Gasteiger partial charge is 0.477 e. The van der Waals surface area contributed by atoms with Crippen LogP contribution >= 0.6 is 0 Å². The van der Waals surface area contributed by atoms with Gasteiger partial charge in [0.1, 0.15) is 0 Å². The van der Waals surface area contributed by atoms with Crippen LogP contribution < -0.4 is 15.8 Å². The summed E-state index contributed by atoms with van der Waals surface area (Å²) >= 11 is 0. The maximum atomic E-state index is 5.85. The van der Waals surface area contributed by atoms with Crippen molar-refractivity contribution in [2.24, 2.45) is 0 Å². The molecule has 2 rings (SSSR count). The summed E-state index contributed by atoms with van der Waals surface area (Å²) in [7, 11) is 0. The number of hydrogen-bond acceptors (Lipinski definition) is 4. The number of nitrogens with two attached hydrogens (primary N) is 1. The molecule has 18 heavy (non-hydrogen) atoms. The van der Waals surface area contributed by atoms with Gasteiger partial charge in [0.25, 0.3) is 0 Å². The van der Waals surface area contributed by atoms with Crippen LogP contribution in [0.4, 0.5) is 11.4 Å². The third-order valence-corrected chi connectivity index (χ3v) is 2.50. The number of ether oxygens (including phenoxy) is 1. The van der Waals surface area contributed by atoms with Crippen LogP contribution in [0.2, 0.25) is 0 Å². The van der Waals surface area contributed by atoms with E-state index in [4.69, 9.17) is 10.5 Å². The molecule has 4 heteroatoms. The van der Waals surface area contributed by atoms with Crippen LogP contribution in [0, 0.1) is 0 Å². The molecule has 0 radical (unpaired) electrons. The number of hydrogen-bond donors (Lipinski definition) is 2. The van der Waals surface area contributed by atoms with E-state index < -0.39 is 0 Å². The van der Waals surface area contributed by atoms with E-state index in [1.165, 1.54) is 5.56 Å². The van der Waals surface area contributed by atoms with Gasteiger partial charge >= 0.3 is 0 Å². The normalized spacial score (nSPS) is 10.1. The van der Waals surface area contributed by atoms with Crippen LogP contribution in [0.15, 0.2) is 42.6 Å². The van der Waals surface area contributed by atoms with Crippen molar-refractivity contribution in [3.8, 4) is 5.88 Å². The predicted octanol–water partition coefficient (Wildman–Crippen LogP) is 2.67. The second kappa shape index (κ2) is 5.91. The lowest BCUT2D eigenvalue weighted by Gasteiger charge is -2.09. The molecule has 1 heterocycles. The Morgan fingerprint density at radius 3 is 2.72 bits per heavy atom. The molecule has 0 saturated heterocycles. The Bertz CT molecular complexity index is 500. The molecule has 0 bridgehead atoms. The first-order chi connectivity index (χ1) is 8.79. The van der Waals surface area contributed by atoms with E-state index in [2.05, 4.69) is 22.4 Å². The van der Waals surface area contributed by atoms with Crippen LogP contribution in [0.5, 0.6) is 5.88 Å². The molecular formula is C14H17N3O. The van der Waals surface area contributed by atoms with E-state index in [1.54, 1.807) is 6.20 Å². The molecule has 0 atom stereocenters. The lowest BCUT2D eigenvalue weighted by molar-refractivity contribution is 0.329. The minimum absolute atomic E-state index is 0.489. The van der Waals surface area contributed by atoms with Crippen molar-refractivity contribution in [1.82, 2.24) is 4.98 Å². The topological polar surface area (TPSA) is 60.2 Å². The Morgan fingerprint density at radius 1 is 1.28 bits per heavy atom. The molecule has 3 N–H and O–H groups in total. The zero-order valence-electron chi connectivity index (χ0n) is 10.4. The fourth-order valence-electron chi connectivity index (χ4n) is 1.62. The monoisotopic (exact) mass is 243 g/mol. The van der Waals surface area contributed by atoms with Gasteiger partial charge in [0.05, 0.1) is 24.2 Å². The zero-order valence-corrected chi connectivity index (χ0v) is 10.4. The first-order valence-electron chi connectivity index (χ1n) is 5.95. The number of benzene rings is 1. The van der Waals surface area contributed by atoms with Crippen molar-refractivity contribution in [3.05, 3.63) is 48.2 Å². The molecule has 1 aromatic carbocycles. The summed E-state index contributed by atoms with van der Waals surface area (Å²) in [6.07, 6.45) is 1.73. The van der Waals surface area contributed by atoms with Gasteiger partial charge in [-0.25, -0.2) is 4.98 Å². The Balaban J connectivity index is 2.00. The van der Waals surface area contributed by atoms with Crippen molar-refractivity contribution in [1.29, 1.82) is 0 Å². The van der Waals surface area contributed by atoms with E-state index in [-0.39, 0.29) is 0 Å². The second-order valence-corrected chi connectivity index (χ2v) is 3.89. The van der Waals surface area contributed by atoms with Crippen LogP contribution in [-0.2, 0) is 6.54 Å². The molecular weight excluding hydrogens is 226 g/mol. The van der Waals surface area contributed by atoms with E-state index >= 15 is 0 Å². The average Bonchev–Trinajstić information content (AvgIpc) is 2.41. The Hall–Kier alpha value is -2.23. The average molecular weight is 243 g/mol. The highest BCUT2D eigenvalue weighted by molar-refractivity contribution is 5.58. The third-order valence-electron chi connectivity index (χ3n) is 2.50. The van der Waals surface area contributed by atoms with Crippen molar-refractivity contribution in [3.63, 3.8) is 0 Å². The van der Waals surface area contributed by atoms with Crippen molar-refractivity contribution < 1.29 is 4.74 Å². The van der Waals surface area contributed by atoms with Gasteiger partial charge in [0.15, 0.2) is 0 Å². The first-order valence-corrected chi connectivity index (χ1v) is 5.95. The molecule has 1 aromatic heterocycles. The van der Waals surface area contributed by atoms with Gasteiger partial charge in [-0.1, -0.05) is 30.3 Å². The number of nitrogens with zero attached hydrogens (tertiary/aromatic N) is 1. The fourth-order valence-corrected chi connectivity index (χ4v) is 1.62. The van der Waals surface area contributed by atoms with Gasteiger partial charge in [0.2, 0.25) is 5.88 Å². The molecule has 0 fully saturated rings. The molecule has 0 amide bonds. The zero-order chi connectivity index (χ0) is 12.8. The number of anilines is 2. The Kier molecular flexibility index (Phi) is 4.02. The molecule has 4 nitrogen and oxygen atoms in total. The fraction of sp³-hybridized carbons (Fsp3) is 0.214. The van der Waals surface area contributed by atoms with E-state index in [9.17, 15) is 0 Å². The lowest BCUT2D eigenvalue weighted by Crippen LogP contribution is -2.03. The molecule has 94 valence electrons. The van der Waals surface area contributed by atoms with Gasteiger partial charge in [-0.15, -0.1) is 0 Å². The van der Waals surface area contributed by atoms with E-state index in [0.29, 0.717) is 18.2 Å². The van der Waals surface area contributed by atoms with Crippen LogP contribution in [0.3, 0.4) is 0 Å². The predicted molar refractivity (Wildman–Crippen MR) is 73.6 cm³/mol. The summed E-state index contributed by atoms with van der Waals surface area (Å²) in [6, 6.07) is 12.0. The third kappa shape index (κ3) is 3.13. The SMILES string of the molecule is CCOc1ncc(NCc2ccccc2)cc1N. The maximum Gasteiger partial charge on any atom is 0.237 e. The Morgan fingerprint density at radius 2 is 2.06 bits per heavy atom. The van der Waals surface area contributed by atoms with E-state index in [0.717, 1.165) is 12.2 Å². The van der Waals surface area contributed by atoms with Crippen LogP contribution in [-0.4, -0.2) is 11.6 Å². The summed E-state index contributed by atoms with van der Waals surface area (Å²) < 4.78 is 5.29. The lowest BCUT2D eigenvalue weighted by atomic mass is 10.2. The van der Waals surface area contributed by atoms with Crippen molar-refractivity contribution in [2.75, 3.05) is 17.7 Å². The summed E-state index contributed by atoms with van der Waals surface area (Å²) in [6.45, 7) is 3.21. The second-order valence-electron chi connectivity index (χ2n) is 3.89. The maximum absolute atomic E-state index is 5.85. The molecule has 2 aromatic rings. The van der Waals surface area contributed by atoms with Crippen molar-refractivity contribution in [2.45, 2.75) is 13.5 Å². The summed E-state index contributed by atoms with van der Waals surface area (Å²) in [4.78, 5) is 4.17. The van der Waals surface area contributed by atoms with Gasteiger partial charge in [-0.2, -0.15) is 0 Å². The van der Waals surface area contributed by atoms with Crippen LogP contribution in [0.25, 0.3) is 0 Å². The van der Waals surface area contributed by atoms with Gasteiger partial charge in [0, 0.05) is 6.54 Å². The summed E-state index contributed by atoms with van der Waals surface area (Å²) in [5, 5.41) is 3.27.